The number of nitrogens with zero attached hydrogens (tertiary/aromatic N) is 2. The lowest BCUT2D eigenvalue weighted by atomic mass is 10.1. The van der Waals surface area contributed by atoms with E-state index in [2.05, 4.69) is 16.0 Å². The summed E-state index contributed by atoms with van der Waals surface area (Å²) in [5.74, 6) is 0.982. The van der Waals surface area contributed by atoms with Gasteiger partial charge in [0.05, 0.1) is 5.69 Å². The first-order valence-corrected chi connectivity index (χ1v) is 5.53. The lowest BCUT2D eigenvalue weighted by molar-refractivity contribution is 1.00. The summed E-state index contributed by atoms with van der Waals surface area (Å²) in [4.78, 5) is 8.57. The van der Waals surface area contributed by atoms with E-state index >= 15 is 0 Å². The van der Waals surface area contributed by atoms with Crippen LogP contribution in [0.3, 0.4) is 0 Å². The number of nitrogens with two attached hydrogens (primary N) is 1. The fraction of sp³-hybridized carbons (Fsp3) is 0.231. The molecule has 2 N–H and O–H groups in total. The van der Waals surface area contributed by atoms with Gasteiger partial charge < -0.3 is 5.73 Å². The predicted molar refractivity (Wildman–Crippen MR) is 63.9 cm³/mol. The second kappa shape index (κ2) is 3.59. The molecule has 1 aromatic heterocycles. The predicted octanol–water partition coefficient (Wildman–Crippen LogP) is 2.60. The molecule has 2 aromatic rings. The number of nitrogen functional groups attached to an aromatic ring is 1. The van der Waals surface area contributed by atoms with Crippen LogP contribution in [0.15, 0.2) is 36.4 Å². The average molecular weight is 211 g/mol. The van der Waals surface area contributed by atoms with Crippen molar-refractivity contribution < 1.29 is 0 Å². The molecule has 3 nitrogen and oxygen atoms in total. The van der Waals surface area contributed by atoms with Crippen molar-refractivity contribution in [2.45, 2.75) is 18.8 Å². The highest BCUT2D eigenvalue weighted by Gasteiger charge is 2.25. The van der Waals surface area contributed by atoms with Gasteiger partial charge in [-0.3, -0.25) is 0 Å². The molecule has 80 valence electrons. The molecule has 0 spiro atoms. The minimum absolute atomic E-state index is 0.378. The monoisotopic (exact) mass is 211 g/mol. The van der Waals surface area contributed by atoms with Crippen molar-refractivity contribution in [3.8, 4) is 11.3 Å². The SMILES string of the molecule is Nc1nc(-c2ccccc2)cc(C2CC2)n1. The molecule has 0 saturated heterocycles. The number of hydrogen-bond acceptors (Lipinski definition) is 3. The van der Waals surface area contributed by atoms with Crippen LogP contribution in [0, 0.1) is 0 Å². The standard InChI is InChI=1S/C13H13N3/c14-13-15-11(9-4-2-1-3-5-9)8-12(16-13)10-6-7-10/h1-5,8,10H,6-7H2,(H2,14,15,16). The largest absolute Gasteiger partial charge is 0.368 e. The molecule has 3 rings (SSSR count). The lowest BCUT2D eigenvalue weighted by Gasteiger charge is -2.04. The van der Waals surface area contributed by atoms with E-state index in [0.717, 1.165) is 17.0 Å². The third-order valence-electron chi connectivity index (χ3n) is 2.83. The Morgan fingerprint density at radius 2 is 1.81 bits per heavy atom. The van der Waals surface area contributed by atoms with Gasteiger partial charge in [0, 0.05) is 17.2 Å². The molecule has 0 amide bonds. The van der Waals surface area contributed by atoms with Gasteiger partial charge in [0.15, 0.2) is 0 Å². The molecule has 0 bridgehead atoms. The van der Waals surface area contributed by atoms with Crippen molar-refractivity contribution in [2.75, 3.05) is 5.73 Å². The van der Waals surface area contributed by atoms with Crippen LogP contribution in [0.5, 0.6) is 0 Å². The lowest BCUT2D eigenvalue weighted by Crippen LogP contribution is -1.99. The second-order valence-electron chi connectivity index (χ2n) is 4.18. The minimum atomic E-state index is 0.378. The van der Waals surface area contributed by atoms with Crippen LogP contribution in [0.2, 0.25) is 0 Å². The summed E-state index contributed by atoms with van der Waals surface area (Å²) >= 11 is 0. The van der Waals surface area contributed by atoms with Crippen LogP contribution >= 0.6 is 0 Å². The summed E-state index contributed by atoms with van der Waals surface area (Å²) in [7, 11) is 0. The highest BCUT2D eigenvalue weighted by Crippen LogP contribution is 2.40. The summed E-state index contributed by atoms with van der Waals surface area (Å²) in [6, 6.07) is 12.1. The van der Waals surface area contributed by atoms with Crippen molar-refractivity contribution in [3.63, 3.8) is 0 Å². The summed E-state index contributed by atoms with van der Waals surface area (Å²) in [5.41, 5.74) is 8.85. The van der Waals surface area contributed by atoms with E-state index in [0.29, 0.717) is 11.9 Å². The van der Waals surface area contributed by atoms with Crippen LogP contribution in [0.1, 0.15) is 24.5 Å². The Morgan fingerprint density at radius 1 is 1.06 bits per heavy atom. The molecule has 0 aliphatic heterocycles. The van der Waals surface area contributed by atoms with Gasteiger partial charge in [-0.2, -0.15) is 0 Å². The van der Waals surface area contributed by atoms with Gasteiger partial charge in [-0.25, -0.2) is 9.97 Å². The zero-order valence-electron chi connectivity index (χ0n) is 8.93. The molecule has 0 unspecified atom stereocenters. The summed E-state index contributed by atoms with van der Waals surface area (Å²) < 4.78 is 0. The molecule has 1 aliphatic carbocycles. The Bertz CT molecular complexity index is 504. The molecule has 0 atom stereocenters. The van der Waals surface area contributed by atoms with Gasteiger partial charge in [0.1, 0.15) is 0 Å². The van der Waals surface area contributed by atoms with Crippen molar-refractivity contribution in [3.05, 3.63) is 42.1 Å². The highest BCUT2D eigenvalue weighted by atomic mass is 15.0. The van der Waals surface area contributed by atoms with E-state index in [9.17, 15) is 0 Å². The molecule has 1 aliphatic rings. The first kappa shape index (κ1) is 9.33. The van der Waals surface area contributed by atoms with Crippen LogP contribution < -0.4 is 5.73 Å². The molecule has 1 heterocycles. The Balaban J connectivity index is 2.06. The third-order valence-corrected chi connectivity index (χ3v) is 2.83. The van der Waals surface area contributed by atoms with Gasteiger partial charge in [-0.05, 0) is 18.9 Å². The first-order chi connectivity index (χ1) is 7.83. The fourth-order valence-electron chi connectivity index (χ4n) is 1.83. The van der Waals surface area contributed by atoms with Crippen molar-refractivity contribution in [1.29, 1.82) is 0 Å². The zero-order chi connectivity index (χ0) is 11.0. The molecular formula is C13H13N3. The Hall–Kier alpha value is -1.90. The van der Waals surface area contributed by atoms with Crippen molar-refractivity contribution in [2.24, 2.45) is 0 Å². The van der Waals surface area contributed by atoms with Crippen molar-refractivity contribution in [1.82, 2.24) is 9.97 Å². The normalized spacial score (nSPS) is 15.0. The van der Waals surface area contributed by atoms with Gasteiger partial charge in [0.2, 0.25) is 5.95 Å². The zero-order valence-corrected chi connectivity index (χ0v) is 8.93. The average Bonchev–Trinajstić information content (AvgIpc) is 3.13. The fourth-order valence-corrected chi connectivity index (χ4v) is 1.83. The van der Waals surface area contributed by atoms with Gasteiger partial charge in [-0.1, -0.05) is 30.3 Å². The van der Waals surface area contributed by atoms with Crippen molar-refractivity contribution >= 4 is 5.95 Å². The van der Waals surface area contributed by atoms with Crippen LogP contribution in [0.4, 0.5) is 5.95 Å². The first-order valence-electron chi connectivity index (χ1n) is 5.53. The third kappa shape index (κ3) is 1.76. The van der Waals surface area contributed by atoms with Gasteiger partial charge in [0.25, 0.3) is 0 Å². The summed E-state index contributed by atoms with van der Waals surface area (Å²) in [5, 5.41) is 0. The molecular weight excluding hydrogens is 198 g/mol. The maximum absolute atomic E-state index is 5.74. The molecule has 1 saturated carbocycles. The number of benzene rings is 1. The molecule has 1 fully saturated rings. The smallest absolute Gasteiger partial charge is 0.220 e. The summed E-state index contributed by atoms with van der Waals surface area (Å²) in [6.45, 7) is 0. The maximum Gasteiger partial charge on any atom is 0.220 e. The maximum atomic E-state index is 5.74. The number of rotatable bonds is 2. The van der Waals surface area contributed by atoms with Crippen LogP contribution in [-0.4, -0.2) is 9.97 Å². The van der Waals surface area contributed by atoms with E-state index in [4.69, 9.17) is 5.73 Å². The Morgan fingerprint density at radius 3 is 2.50 bits per heavy atom. The number of hydrogen-bond donors (Lipinski definition) is 1. The van der Waals surface area contributed by atoms with Crippen LogP contribution in [-0.2, 0) is 0 Å². The quantitative estimate of drug-likeness (QED) is 0.830. The summed E-state index contributed by atoms with van der Waals surface area (Å²) in [6.07, 6.45) is 2.45. The van der Waals surface area contributed by atoms with E-state index in [1.54, 1.807) is 0 Å². The molecule has 0 radical (unpaired) electrons. The minimum Gasteiger partial charge on any atom is -0.368 e. The van der Waals surface area contributed by atoms with E-state index in [-0.39, 0.29) is 0 Å². The molecule has 1 aromatic carbocycles. The number of aromatic nitrogens is 2. The number of anilines is 1. The van der Waals surface area contributed by atoms with Gasteiger partial charge >= 0.3 is 0 Å². The highest BCUT2D eigenvalue weighted by molar-refractivity contribution is 5.60. The van der Waals surface area contributed by atoms with Crippen LogP contribution in [0.25, 0.3) is 11.3 Å². The topological polar surface area (TPSA) is 51.8 Å². The van der Waals surface area contributed by atoms with E-state index in [1.807, 2.05) is 30.3 Å². The molecule has 3 heteroatoms. The van der Waals surface area contributed by atoms with Gasteiger partial charge in [-0.15, -0.1) is 0 Å². The Labute approximate surface area is 94.4 Å². The van der Waals surface area contributed by atoms with E-state index in [1.165, 1.54) is 12.8 Å². The Kier molecular flexibility index (Phi) is 2.10. The van der Waals surface area contributed by atoms with E-state index < -0.39 is 0 Å². The molecule has 16 heavy (non-hydrogen) atoms. The second-order valence-corrected chi connectivity index (χ2v) is 4.18.